The number of nitrogens with zero attached hydrogens (tertiary/aromatic N) is 1. The lowest BCUT2D eigenvalue weighted by atomic mass is 9.78. The summed E-state index contributed by atoms with van der Waals surface area (Å²) in [7, 11) is 0. The fraction of sp³-hybridized carbons (Fsp3) is 0.455. The molecule has 0 saturated heterocycles. The van der Waals surface area contributed by atoms with Crippen LogP contribution in [0.25, 0.3) is 0 Å². The number of nitrogens with one attached hydrogen (secondary N) is 1. The van der Waals surface area contributed by atoms with Crippen LogP contribution in [-0.2, 0) is 13.1 Å². The van der Waals surface area contributed by atoms with Gasteiger partial charge in [0.15, 0.2) is 0 Å². The number of hydrogen-bond donors (Lipinski definition) is 1. The highest BCUT2D eigenvalue weighted by molar-refractivity contribution is 5.18. The van der Waals surface area contributed by atoms with Crippen LogP contribution in [0.1, 0.15) is 37.8 Å². The third-order valence-electron chi connectivity index (χ3n) is 5.09. The minimum absolute atomic E-state index is 0.572. The molecule has 0 spiro atoms. The van der Waals surface area contributed by atoms with Gasteiger partial charge in [0.05, 0.1) is 0 Å². The maximum atomic E-state index is 3.63. The molecule has 2 unspecified atom stereocenters. The highest BCUT2D eigenvalue weighted by Gasteiger charge is 2.35. The molecule has 2 nitrogen and oxygen atoms in total. The molecular weight excluding hydrogens is 292 g/mol. The Hall–Kier alpha value is -1.64. The lowest BCUT2D eigenvalue weighted by Gasteiger charge is -2.45. The maximum Gasteiger partial charge on any atom is 0.0240 e. The summed E-state index contributed by atoms with van der Waals surface area (Å²) in [6.45, 7) is 7.69. The van der Waals surface area contributed by atoms with Crippen LogP contribution in [0.4, 0.5) is 0 Å². The predicted octanol–water partition coefficient (Wildman–Crippen LogP) is 4.47. The van der Waals surface area contributed by atoms with Gasteiger partial charge in [-0.2, -0.15) is 0 Å². The zero-order valence-electron chi connectivity index (χ0n) is 15.0. The second kappa shape index (κ2) is 8.46. The Balaban J connectivity index is 1.69. The van der Waals surface area contributed by atoms with Crippen molar-refractivity contribution in [3.63, 3.8) is 0 Å². The second-order valence-corrected chi connectivity index (χ2v) is 7.34. The summed E-state index contributed by atoms with van der Waals surface area (Å²) in [5, 5.41) is 3.63. The molecule has 0 bridgehead atoms. The first-order valence-corrected chi connectivity index (χ1v) is 9.27. The average molecular weight is 322 g/mol. The third-order valence-corrected chi connectivity index (χ3v) is 5.09. The van der Waals surface area contributed by atoms with Crippen molar-refractivity contribution < 1.29 is 0 Å². The SMILES string of the molecule is CC(C)NCC1CCC1N(Cc1ccccc1)Cc1ccccc1. The van der Waals surface area contributed by atoms with Gasteiger partial charge in [-0.05, 0) is 36.4 Å². The molecule has 1 N–H and O–H groups in total. The second-order valence-electron chi connectivity index (χ2n) is 7.34. The van der Waals surface area contributed by atoms with Gasteiger partial charge in [-0.3, -0.25) is 4.90 Å². The maximum absolute atomic E-state index is 3.63. The first-order chi connectivity index (χ1) is 11.7. The van der Waals surface area contributed by atoms with E-state index in [1.807, 2.05) is 0 Å². The number of hydrogen-bond acceptors (Lipinski definition) is 2. The molecule has 2 atom stereocenters. The van der Waals surface area contributed by atoms with Crippen molar-refractivity contribution in [2.24, 2.45) is 5.92 Å². The van der Waals surface area contributed by atoms with E-state index in [4.69, 9.17) is 0 Å². The largest absolute Gasteiger partial charge is 0.314 e. The summed E-state index contributed by atoms with van der Waals surface area (Å²) in [5.74, 6) is 0.778. The Labute approximate surface area is 146 Å². The summed E-state index contributed by atoms with van der Waals surface area (Å²) in [6, 6.07) is 23.0. The molecule has 1 fully saturated rings. The Morgan fingerprint density at radius 3 is 1.83 bits per heavy atom. The van der Waals surface area contributed by atoms with Crippen molar-refractivity contribution in [1.29, 1.82) is 0 Å². The van der Waals surface area contributed by atoms with Crippen molar-refractivity contribution in [3.05, 3.63) is 71.8 Å². The summed E-state index contributed by atoms with van der Waals surface area (Å²) < 4.78 is 0. The Morgan fingerprint density at radius 1 is 0.875 bits per heavy atom. The van der Waals surface area contributed by atoms with Gasteiger partial charge >= 0.3 is 0 Å². The van der Waals surface area contributed by atoms with Gasteiger partial charge in [-0.15, -0.1) is 0 Å². The van der Waals surface area contributed by atoms with E-state index in [1.54, 1.807) is 0 Å². The molecule has 1 saturated carbocycles. The lowest BCUT2D eigenvalue weighted by molar-refractivity contribution is 0.0478. The van der Waals surface area contributed by atoms with E-state index in [2.05, 4.69) is 84.7 Å². The Kier molecular flexibility index (Phi) is 6.06. The summed E-state index contributed by atoms with van der Waals surface area (Å²) in [4.78, 5) is 2.68. The minimum atomic E-state index is 0.572. The zero-order chi connectivity index (χ0) is 16.8. The molecular formula is C22H30N2. The quantitative estimate of drug-likeness (QED) is 0.771. The summed E-state index contributed by atoms with van der Waals surface area (Å²) in [6.07, 6.45) is 2.68. The molecule has 2 aromatic rings. The van der Waals surface area contributed by atoms with Crippen molar-refractivity contribution in [3.8, 4) is 0 Å². The van der Waals surface area contributed by atoms with Crippen molar-refractivity contribution in [1.82, 2.24) is 10.2 Å². The topological polar surface area (TPSA) is 15.3 Å². The van der Waals surface area contributed by atoms with E-state index < -0.39 is 0 Å². The molecule has 2 aromatic carbocycles. The van der Waals surface area contributed by atoms with E-state index in [0.717, 1.165) is 25.6 Å². The Morgan fingerprint density at radius 2 is 1.42 bits per heavy atom. The average Bonchev–Trinajstić information content (AvgIpc) is 2.55. The summed E-state index contributed by atoms with van der Waals surface area (Å²) >= 11 is 0. The molecule has 0 aromatic heterocycles. The first-order valence-electron chi connectivity index (χ1n) is 9.27. The van der Waals surface area contributed by atoms with Gasteiger partial charge in [0.1, 0.15) is 0 Å². The van der Waals surface area contributed by atoms with Crippen LogP contribution in [0.3, 0.4) is 0 Å². The number of benzene rings is 2. The summed E-state index contributed by atoms with van der Waals surface area (Å²) in [5.41, 5.74) is 2.83. The fourth-order valence-corrected chi connectivity index (χ4v) is 3.58. The van der Waals surface area contributed by atoms with Crippen LogP contribution in [0, 0.1) is 5.92 Å². The van der Waals surface area contributed by atoms with Gasteiger partial charge in [0.25, 0.3) is 0 Å². The van der Waals surface area contributed by atoms with E-state index >= 15 is 0 Å². The van der Waals surface area contributed by atoms with E-state index in [1.165, 1.54) is 24.0 Å². The zero-order valence-corrected chi connectivity index (χ0v) is 15.0. The highest BCUT2D eigenvalue weighted by atomic mass is 15.2. The smallest absolute Gasteiger partial charge is 0.0240 e. The molecule has 0 heterocycles. The van der Waals surface area contributed by atoms with Gasteiger partial charge < -0.3 is 5.32 Å². The van der Waals surface area contributed by atoms with Crippen LogP contribution in [0.5, 0.6) is 0 Å². The number of rotatable bonds is 8. The molecule has 24 heavy (non-hydrogen) atoms. The van der Waals surface area contributed by atoms with E-state index in [0.29, 0.717) is 12.1 Å². The van der Waals surface area contributed by atoms with Crippen LogP contribution >= 0.6 is 0 Å². The predicted molar refractivity (Wildman–Crippen MR) is 102 cm³/mol. The van der Waals surface area contributed by atoms with Crippen LogP contribution < -0.4 is 5.32 Å². The minimum Gasteiger partial charge on any atom is -0.314 e. The molecule has 128 valence electrons. The first kappa shape index (κ1) is 17.2. The molecule has 3 rings (SSSR count). The van der Waals surface area contributed by atoms with Crippen molar-refractivity contribution in [2.75, 3.05) is 6.54 Å². The third kappa shape index (κ3) is 4.68. The lowest BCUT2D eigenvalue weighted by Crippen LogP contribution is -2.50. The molecule has 2 heteroatoms. The highest BCUT2D eigenvalue weighted by Crippen LogP contribution is 2.33. The van der Waals surface area contributed by atoms with Gasteiger partial charge in [-0.1, -0.05) is 74.5 Å². The van der Waals surface area contributed by atoms with E-state index in [9.17, 15) is 0 Å². The Bertz CT molecular complexity index is 552. The molecule has 1 aliphatic rings. The van der Waals surface area contributed by atoms with Crippen LogP contribution in [0.15, 0.2) is 60.7 Å². The monoisotopic (exact) mass is 322 g/mol. The van der Waals surface area contributed by atoms with Crippen LogP contribution in [0.2, 0.25) is 0 Å². The van der Waals surface area contributed by atoms with Crippen LogP contribution in [-0.4, -0.2) is 23.5 Å². The fourth-order valence-electron chi connectivity index (χ4n) is 3.58. The van der Waals surface area contributed by atoms with Crippen molar-refractivity contribution in [2.45, 2.75) is 51.9 Å². The van der Waals surface area contributed by atoms with Gasteiger partial charge in [0.2, 0.25) is 0 Å². The van der Waals surface area contributed by atoms with E-state index in [-0.39, 0.29) is 0 Å². The standard InChI is InChI=1S/C22H30N2/c1-18(2)23-15-21-13-14-22(21)24(16-19-9-5-3-6-10-19)17-20-11-7-4-8-12-20/h3-12,18,21-23H,13-17H2,1-2H3. The van der Waals surface area contributed by atoms with Gasteiger partial charge in [0, 0.05) is 25.2 Å². The normalized spacial score (nSPS) is 20.3. The molecule has 0 radical (unpaired) electrons. The molecule has 0 amide bonds. The van der Waals surface area contributed by atoms with Crippen molar-refractivity contribution >= 4 is 0 Å². The molecule has 1 aliphatic carbocycles. The molecule has 0 aliphatic heterocycles. The van der Waals surface area contributed by atoms with Gasteiger partial charge in [-0.25, -0.2) is 0 Å².